The maximum absolute atomic E-state index is 11.9. The summed E-state index contributed by atoms with van der Waals surface area (Å²) < 4.78 is 0. The van der Waals surface area contributed by atoms with Crippen LogP contribution in [0.15, 0.2) is 42.6 Å². The van der Waals surface area contributed by atoms with Crippen molar-refractivity contribution >= 4 is 17.4 Å². The van der Waals surface area contributed by atoms with Gasteiger partial charge in [-0.2, -0.15) is 0 Å². The van der Waals surface area contributed by atoms with Crippen molar-refractivity contribution in [2.24, 2.45) is 0 Å². The zero-order valence-electron chi connectivity index (χ0n) is 10.2. The number of nitrogens with one attached hydrogen (secondary N) is 1. The molecule has 0 saturated carbocycles. The molecule has 19 heavy (non-hydrogen) atoms. The van der Waals surface area contributed by atoms with Gasteiger partial charge in [0, 0.05) is 23.9 Å². The van der Waals surface area contributed by atoms with E-state index in [1.807, 2.05) is 13.0 Å². The molecule has 1 amide bonds. The number of pyridine rings is 1. The minimum Gasteiger partial charge on any atom is -0.307 e. The highest BCUT2D eigenvalue weighted by molar-refractivity contribution is 6.04. The predicted molar refractivity (Wildman–Crippen MR) is 70.0 cm³/mol. The molecule has 2 aromatic rings. The molecule has 1 aromatic carbocycles. The van der Waals surface area contributed by atoms with E-state index in [1.165, 1.54) is 24.3 Å². The number of carbonyl (C=O) groups is 1. The van der Waals surface area contributed by atoms with Crippen LogP contribution in [0.1, 0.15) is 15.9 Å². The number of non-ortho nitro benzene ring substituents is 1. The van der Waals surface area contributed by atoms with E-state index in [4.69, 9.17) is 0 Å². The molecule has 1 aromatic heterocycles. The van der Waals surface area contributed by atoms with Crippen LogP contribution in [0.4, 0.5) is 11.5 Å². The fourth-order valence-electron chi connectivity index (χ4n) is 1.49. The average molecular weight is 257 g/mol. The number of hydrogen-bond acceptors (Lipinski definition) is 4. The topological polar surface area (TPSA) is 85.1 Å². The highest BCUT2D eigenvalue weighted by atomic mass is 16.6. The molecular formula is C13H11N3O3. The van der Waals surface area contributed by atoms with Gasteiger partial charge in [-0.3, -0.25) is 14.9 Å². The fraction of sp³-hybridized carbons (Fsp3) is 0.0769. The molecule has 0 saturated heterocycles. The summed E-state index contributed by atoms with van der Waals surface area (Å²) in [5.74, 6) is -0.0258. The van der Waals surface area contributed by atoms with Crippen molar-refractivity contribution in [1.29, 1.82) is 0 Å². The Kier molecular flexibility index (Phi) is 3.51. The number of hydrogen-bond donors (Lipinski definition) is 1. The van der Waals surface area contributed by atoms with Gasteiger partial charge in [-0.15, -0.1) is 0 Å². The summed E-state index contributed by atoms with van der Waals surface area (Å²) in [6.07, 6.45) is 1.63. The van der Waals surface area contributed by atoms with Crippen LogP contribution in [0, 0.1) is 17.0 Å². The number of aryl methyl sites for hydroxylation is 1. The Bertz CT molecular complexity index is 623. The summed E-state index contributed by atoms with van der Waals surface area (Å²) in [7, 11) is 0. The second kappa shape index (κ2) is 5.26. The quantitative estimate of drug-likeness (QED) is 0.676. The van der Waals surface area contributed by atoms with Crippen LogP contribution in [0.5, 0.6) is 0 Å². The first-order chi connectivity index (χ1) is 9.06. The van der Waals surface area contributed by atoms with Crippen LogP contribution in [0.2, 0.25) is 0 Å². The average Bonchev–Trinajstić information content (AvgIpc) is 2.41. The van der Waals surface area contributed by atoms with E-state index in [-0.39, 0.29) is 11.3 Å². The third kappa shape index (κ3) is 3.12. The second-order valence-corrected chi connectivity index (χ2v) is 3.98. The first-order valence-corrected chi connectivity index (χ1v) is 5.55. The van der Waals surface area contributed by atoms with Gasteiger partial charge in [-0.1, -0.05) is 12.1 Å². The van der Waals surface area contributed by atoms with Gasteiger partial charge in [0.1, 0.15) is 5.82 Å². The lowest BCUT2D eigenvalue weighted by molar-refractivity contribution is -0.384. The van der Waals surface area contributed by atoms with Crippen molar-refractivity contribution in [2.45, 2.75) is 6.92 Å². The molecule has 2 rings (SSSR count). The van der Waals surface area contributed by atoms with Gasteiger partial charge in [0.25, 0.3) is 11.6 Å². The number of benzene rings is 1. The molecule has 0 spiro atoms. The summed E-state index contributed by atoms with van der Waals surface area (Å²) >= 11 is 0. The number of nitro groups is 1. The van der Waals surface area contributed by atoms with Gasteiger partial charge in [-0.05, 0) is 24.6 Å². The molecule has 0 aliphatic rings. The van der Waals surface area contributed by atoms with Crippen molar-refractivity contribution < 1.29 is 9.72 Å². The lowest BCUT2D eigenvalue weighted by atomic mass is 10.2. The van der Waals surface area contributed by atoms with Crippen LogP contribution in [0.3, 0.4) is 0 Å². The van der Waals surface area contributed by atoms with Crippen LogP contribution in [0.25, 0.3) is 0 Å². The Morgan fingerprint density at radius 2 is 2.11 bits per heavy atom. The monoisotopic (exact) mass is 257 g/mol. The van der Waals surface area contributed by atoms with Crippen molar-refractivity contribution in [1.82, 2.24) is 4.98 Å². The maximum Gasteiger partial charge on any atom is 0.270 e. The Morgan fingerprint density at radius 1 is 1.32 bits per heavy atom. The van der Waals surface area contributed by atoms with Crippen LogP contribution >= 0.6 is 0 Å². The highest BCUT2D eigenvalue weighted by Crippen LogP contribution is 2.14. The third-order valence-corrected chi connectivity index (χ3v) is 2.47. The summed E-state index contributed by atoms with van der Waals surface area (Å²) in [6.45, 7) is 1.89. The molecule has 0 unspecified atom stereocenters. The van der Waals surface area contributed by atoms with E-state index in [0.29, 0.717) is 5.82 Å². The number of rotatable bonds is 3. The summed E-state index contributed by atoms with van der Waals surface area (Å²) in [4.78, 5) is 26.0. The lowest BCUT2D eigenvalue weighted by Crippen LogP contribution is -2.13. The van der Waals surface area contributed by atoms with Gasteiger partial charge >= 0.3 is 0 Å². The largest absolute Gasteiger partial charge is 0.307 e. The summed E-state index contributed by atoms with van der Waals surface area (Å²) in [5, 5.41) is 13.2. The Labute approximate surface area is 109 Å². The minimum atomic E-state index is -0.541. The SMILES string of the molecule is Cc1ccc(NC(=O)c2cccc([N+](=O)[O-])c2)nc1. The molecule has 0 atom stereocenters. The molecule has 0 aliphatic carbocycles. The van der Waals surface area contributed by atoms with Gasteiger partial charge in [-0.25, -0.2) is 4.98 Å². The van der Waals surface area contributed by atoms with Gasteiger partial charge in [0.2, 0.25) is 0 Å². The molecule has 0 radical (unpaired) electrons. The Morgan fingerprint density at radius 3 is 2.74 bits per heavy atom. The van der Waals surface area contributed by atoms with Crippen molar-refractivity contribution in [3.05, 3.63) is 63.8 Å². The number of anilines is 1. The molecule has 96 valence electrons. The summed E-state index contributed by atoms with van der Waals surface area (Å²) in [5.41, 5.74) is 1.08. The lowest BCUT2D eigenvalue weighted by Gasteiger charge is -2.04. The van der Waals surface area contributed by atoms with E-state index >= 15 is 0 Å². The number of carbonyl (C=O) groups excluding carboxylic acids is 1. The zero-order valence-corrected chi connectivity index (χ0v) is 10.2. The summed E-state index contributed by atoms with van der Waals surface area (Å²) in [6, 6.07) is 9.03. The molecule has 0 aliphatic heterocycles. The second-order valence-electron chi connectivity index (χ2n) is 3.98. The van der Waals surface area contributed by atoms with E-state index in [0.717, 1.165) is 5.56 Å². The number of nitro benzene ring substituents is 1. The number of aromatic nitrogens is 1. The minimum absolute atomic E-state index is 0.121. The molecular weight excluding hydrogens is 246 g/mol. The number of nitrogens with zero attached hydrogens (tertiary/aromatic N) is 2. The standard InChI is InChI=1S/C13H11N3O3/c1-9-5-6-12(14-8-9)15-13(17)10-3-2-4-11(7-10)16(18)19/h2-8H,1H3,(H,14,15,17). The highest BCUT2D eigenvalue weighted by Gasteiger charge is 2.11. The molecule has 0 fully saturated rings. The van der Waals surface area contributed by atoms with E-state index in [2.05, 4.69) is 10.3 Å². The molecule has 0 bridgehead atoms. The smallest absolute Gasteiger partial charge is 0.270 e. The third-order valence-electron chi connectivity index (χ3n) is 2.47. The number of amides is 1. The van der Waals surface area contributed by atoms with Gasteiger partial charge < -0.3 is 5.32 Å². The van der Waals surface area contributed by atoms with Crippen LogP contribution in [-0.4, -0.2) is 15.8 Å². The molecule has 1 heterocycles. The fourth-order valence-corrected chi connectivity index (χ4v) is 1.49. The van der Waals surface area contributed by atoms with Crippen molar-refractivity contribution in [2.75, 3.05) is 5.32 Å². The Hall–Kier alpha value is -2.76. The molecule has 1 N–H and O–H groups in total. The van der Waals surface area contributed by atoms with Crippen LogP contribution in [-0.2, 0) is 0 Å². The van der Waals surface area contributed by atoms with Gasteiger partial charge in [0.05, 0.1) is 4.92 Å². The maximum atomic E-state index is 11.9. The van der Waals surface area contributed by atoms with E-state index in [9.17, 15) is 14.9 Å². The molecule has 6 heteroatoms. The zero-order chi connectivity index (χ0) is 13.8. The normalized spacial score (nSPS) is 9.95. The van der Waals surface area contributed by atoms with E-state index < -0.39 is 10.8 Å². The first-order valence-electron chi connectivity index (χ1n) is 5.55. The van der Waals surface area contributed by atoms with Crippen molar-refractivity contribution in [3.63, 3.8) is 0 Å². The predicted octanol–water partition coefficient (Wildman–Crippen LogP) is 2.55. The molecule has 6 nitrogen and oxygen atoms in total. The Balaban J connectivity index is 2.18. The first kappa shape index (κ1) is 12.7. The van der Waals surface area contributed by atoms with E-state index in [1.54, 1.807) is 12.3 Å². The van der Waals surface area contributed by atoms with Crippen molar-refractivity contribution in [3.8, 4) is 0 Å². The van der Waals surface area contributed by atoms with Gasteiger partial charge in [0.15, 0.2) is 0 Å². The van der Waals surface area contributed by atoms with Crippen LogP contribution < -0.4 is 5.32 Å².